The van der Waals surface area contributed by atoms with Crippen LogP contribution in [0.3, 0.4) is 0 Å². The standard InChI is InChI=1S/C17H18ClN3O3/c1-11(16(22)20-15-9-6-13(18)10-19-15)24-17(23)12-4-7-14(8-5-12)21(2)3/h4-11H,1-3H3,(H,19,20,22)/t11-/m1/s1. The Morgan fingerprint density at radius 1 is 1.17 bits per heavy atom. The van der Waals surface area contributed by atoms with Gasteiger partial charge in [-0.05, 0) is 43.3 Å². The number of carbonyl (C=O) groups excluding carboxylic acids is 2. The van der Waals surface area contributed by atoms with E-state index in [1.807, 2.05) is 19.0 Å². The van der Waals surface area contributed by atoms with E-state index in [9.17, 15) is 9.59 Å². The molecule has 0 bridgehead atoms. The van der Waals surface area contributed by atoms with Gasteiger partial charge in [0.05, 0.1) is 10.6 Å². The predicted molar refractivity (Wildman–Crippen MR) is 93.5 cm³/mol. The average Bonchev–Trinajstić information content (AvgIpc) is 2.56. The molecular weight excluding hydrogens is 330 g/mol. The number of benzene rings is 1. The Bertz CT molecular complexity index is 715. The van der Waals surface area contributed by atoms with Gasteiger partial charge in [0, 0.05) is 26.0 Å². The van der Waals surface area contributed by atoms with Crippen molar-refractivity contribution >= 4 is 35.0 Å². The zero-order valence-electron chi connectivity index (χ0n) is 13.6. The fraction of sp³-hybridized carbons (Fsp3) is 0.235. The van der Waals surface area contributed by atoms with Crippen LogP contribution in [0.2, 0.25) is 5.02 Å². The number of esters is 1. The van der Waals surface area contributed by atoms with Crippen LogP contribution in [-0.4, -0.2) is 37.1 Å². The lowest BCUT2D eigenvalue weighted by molar-refractivity contribution is -0.123. The summed E-state index contributed by atoms with van der Waals surface area (Å²) in [6, 6.07) is 10.1. The van der Waals surface area contributed by atoms with Crippen molar-refractivity contribution in [2.45, 2.75) is 13.0 Å². The maximum atomic E-state index is 12.1. The highest BCUT2D eigenvalue weighted by Gasteiger charge is 2.19. The predicted octanol–water partition coefficient (Wildman–Crippen LogP) is 2.99. The number of carbonyl (C=O) groups is 2. The van der Waals surface area contributed by atoms with E-state index in [1.165, 1.54) is 13.1 Å². The van der Waals surface area contributed by atoms with E-state index >= 15 is 0 Å². The quantitative estimate of drug-likeness (QED) is 0.842. The molecule has 0 fully saturated rings. The summed E-state index contributed by atoms with van der Waals surface area (Å²) in [5.74, 6) is -0.697. The molecule has 24 heavy (non-hydrogen) atoms. The number of halogens is 1. The van der Waals surface area contributed by atoms with E-state index in [2.05, 4.69) is 10.3 Å². The molecule has 7 heteroatoms. The molecule has 0 saturated heterocycles. The fourth-order valence-electron chi connectivity index (χ4n) is 1.86. The summed E-state index contributed by atoms with van der Waals surface area (Å²) < 4.78 is 5.18. The summed E-state index contributed by atoms with van der Waals surface area (Å²) in [7, 11) is 3.81. The van der Waals surface area contributed by atoms with Crippen LogP contribution in [0.1, 0.15) is 17.3 Å². The van der Waals surface area contributed by atoms with E-state index in [0.717, 1.165) is 5.69 Å². The van der Waals surface area contributed by atoms with Gasteiger partial charge in [-0.25, -0.2) is 9.78 Å². The van der Waals surface area contributed by atoms with Crippen molar-refractivity contribution < 1.29 is 14.3 Å². The molecule has 1 atom stereocenters. The summed E-state index contributed by atoms with van der Waals surface area (Å²) in [5.41, 5.74) is 1.34. The van der Waals surface area contributed by atoms with Crippen molar-refractivity contribution in [3.63, 3.8) is 0 Å². The van der Waals surface area contributed by atoms with Crippen molar-refractivity contribution in [2.24, 2.45) is 0 Å². The smallest absolute Gasteiger partial charge is 0.338 e. The van der Waals surface area contributed by atoms with Gasteiger partial charge in [0.25, 0.3) is 5.91 Å². The second-order valence-electron chi connectivity index (χ2n) is 5.34. The Hall–Kier alpha value is -2.60. The monoisotopic (exact) mass is 347 g/mol. The number of hydrogen-bond acceptors (Lipinski definition) is 5. The minimum atomic E-state index is -0.955. The molecular formula is C17H18ClN3O3. The zero-order chi connectivity index (χ0) is 17.7. The van der Waals surface area contributed by atoms with E-state index < -0.39 is 18.0 Å². The highest BCUT2D eigenvalue weighted by atomic mass is 35.5. The number of hydrogen-bond donors (Lipinski definition) is 1. The highest BCUT2D eigenvalue weighted by molar-refractivity contribution is 6.30. The second-order valence-corrected chi connectivity index (χ2v) is 5.78. The number of anilines is 2. The lowest BCUT2D eigenvalue weighted by Crippen LogP contribution is -2.30. The van der Waals surface area contributed by atoms with Gasteiger partial charge in [-0.15, -0.1) is 0 Å². The molecule has 1 N–H and O–H groups in total. The number of nitrogens with one attached hydrogen (secondary N) is 1. The minimum Gasteiger partial charge on any atom is -0.449 e. The second kappa shape index (κ2) is 7.79. The van der Waals surface area contributed by atoms with Gasteiger partial charge in [0.2, 0.25) is 0 Å². The number of amides is 1. The first-order valence-electron chi connectivity index (χ1n) is 7.27. The number of aromatic nitrogens is 1. The van der Waals surface area contributed by atoms with Gasteiger partial charge in [-0.1, -0.05) is 11.6 Å². The molecule has 6 nitrogen and oxygen atoms in total. The molecule has 2 aromatic rings. The number of nitrogens with zero attached hydrogens (tertiary/aromatic N) is 2. The van der Waals surface area contributed by atoms with Gasteiger partial charge < -0.3 is 15.0 Å². The van der Waals surface area contributed by atoms with Gasteiger partial charge >= 0.3 is 5.97 Å². The Labute approximate surface area is 145 Å². The Morgan fingerprint density at radius 2 is 1.83 bits per heavy atom. The molecule has 126 valence electrons. The number of ether oxygens (including phenoxy) is 1. The molecule has 2 rings (SSSR count). The van der Waals surface area contributed by atoms with E-state index in [-0.39, 0.29) is 0 Å². The third kappa shape index (κ3) is 4.70. The van der Waals surface area contributed by atoms with E-state index in [1.54, 1.807) is 36.4 Å². The summed E-state index contributed by atoms with van der Waals surface area (Å²) in [5, 5.41) is 3.02. The molecule has 1 aromatic heterocycles. The summed E-state index contributed by atoms with van der Waals surface area (Å²) in [4.78, 5) is 30.0. The van der Waals surface area contributed by atoms with Crippen LogP contribution in [0.5, 0.6) is 0 Å². The average molecular weight is 348 g/mol. The largest absolute Gasteiger partial charge is 0.449 e. The van der Waals surface area contributed by atoms with E-state index in [4.69, 9.17) is 16.3 Å². The van der Waals surface area contributed by atoms with Crippen LogP contribution in [0.15, 0.2) is 42.6 Å². The third-order valence-electron chi connectivity index (χ3n) is 3.25. The van der Waals surface area contributed by atoms with Gasteiger partial charge in [-0.2, -0.15) is 0 Å². The van der Waals surface area contributed by atoms with Crippen LogP contribution < -0.4 is 10.2 Å². The third-order valence-corrected chi connectivity index (χ3v) is 3.47. The Kier molecular flexibility index (Phi) is 5.76. The summed E-state index contributed by atoms with van der Waals surface area (Å²) >= 11 is 5.73. The lowest BCUT2D eigenvalue weighted by atomic mass is 10.2. The zero-order valence-corrected chi connectivity index (χ0v) is 14.4. The Morgan fingerprint density at radius 3 is 2.38 bits per heavy atom. The van der Waals surface area contributed by atoms with Gasteiger partial charge in [0.15, 0.2) is 6.10 Å². The minimum absolute atomic E-state index is 0.336. The first kappa shape index (κ1) is 17.7. The van der Waals surface area contributed by atoms with Crippen molar-refractivity contribution in [2.75, 3.05) is 24.3 Å². The molecule has 1 amide bonds. The normalized spacial score (nSPS) is 11.5. The van der Waals surface area contributed by atoms with Crippen molar-refractivity contribution in [1.29, 1.82) is 0 Å². The molecule has 0 aliphatic heterocycles. The van der Waals surface area contributed by atoms with Gasteiger partial charge in [0.1, 0.15) is 5.82 Å². The van der Waals surface area contributed by atoms with Crippen molar-refractivity contribution in [1.82, 2.24) is 4.98 Å². The summed E-state index contributed by atoms with van der Waals surface area (Å²) in [6.45, 7) is 1.50. The van der Waals surface area contributed by atoms with Crippen LogP contribution >= 0.6 is 11.6 Å². The first-order valence-corrected chi connectivity index (χ1v) is 7.65. The molecule has 0 aliphatic carbocycles. The summed E-state index contributed by atoms with van der Waals surface area (Å²) in [6.07, 6.45) is 0.462. The molecule has 0 unspecified atom stereocenters. The lowest BCUT2D eigenvalue weighted by Gasteiger charge is -2.14. The molecule has 1 heterocycles. The maximum Gasteiger partial charge on any atom is 0.338 e. The van der Waals surface area contributed by atoms with E-state index in [0.29, 0.717) is 16.4 Å². The molecule has 1 aromatic carbocycles. The van der Waals surface area contributed by atoms with Crippen molar-refractivity contribution in [3.8, 4) is 0 Å². The molecule has 0 aliphatic rings. The van der Waals surface area contributed by atoms with Crippen molar-refractivity contribution in [3.05, 3.63) is 53.2 Å². The number of rotatable bonds is 5. The molecule has 0 radical (unpaired) electrons. The van der Waals surface area contributed by atoms with Crippen LogP contribution in [-0.2, 0) is 9.53 Å². The van der Waals surface area contributed by atoms with Crippen LogP contribution in [0.4, 0.5) is 11.5 Å². The molecule has 0 saturated carbocycles. The molecule has 0 spiro atoms. The SMILES string of the molecule is C[C@@H](OC(=O)c1ccc(N(C)C)cc1)C(=O)Nc1ccc(Cl)cn1. The maximum absolute atomic E-state index is 12.1. The highest BCUT2D eigenvalue weighted by Crippen LogP contribution is 2.14. The number of pyridine rings is 1. The first-order chi connectivity index (χ1) is 11.4. The fourth-order valence-corrected chi connectivity index (χ4v) is 1.97. The van der Waals surface area contributed by atoms with Gasteiger partial charge in [-0.3, -0.25) is 4.79 Å². The Balaban J connectivity index is 1.94. The van der Waals surface area contributed by atoms with Crippen LogP contribution in [0, 0.1) is 0 Å². The topological polar surface area (TPSA) is 71.5 Å². The van der Waals surface area contributed by atoms with Crippen LogP contribution in [0.25, 0.3) is 0 Å².